The van der Waals surface area contributed by atoms with Gasteiger partial charge in [0.2, 0.25) is 5.91 Å². The number of carbonyl (C=O) groups is 2. The van der Waals surface area contributed by atoms with E-state index in [0.29, 0.717) is 45.8 Å². The molecule has 0 radical (unpaired) electrons. The van der Waals surface area contributed by atoms with Crippen LogP contribution in [0.2, 0.25) is 10.0 Å². The minimum atomic E-state index is -0.720. The van der Waals surface area contributed by atoms with E-state index in [1.165, 1.54) is 19.1 Å². The number of methoxy groups -OCH3 is 2. The topological polar surface area (TPSA) is 77.1 Å². The summed E-state index contributed by atoms with van der Waals surface area (Å²) in [5.41, 5.74) is 0.567. The normalized spacial score (nSPS) is 11.6. The van der Waals surface area contributed by atoms with E-state index < -0.39 is 6.04 Å². The van der Waals surface area contributed by atoms with Crippen molar-refractivity contribution in [3.05, 3.63) is 52.0 Å². The molecule has 0 bridgehead atoms. The van der Waals surface area contributed by atoms with Gasteiger partial charge in [0.1, 0.15) is 23.3 Å². The van der Waals surface area contributed by atoms with Crippen LogP contribution in [0, 0.1) is 5.92 Å². The molecule has 7 nitrogen and oxygen atoms in total. The molecule has 1 N–H and O–H groups in total. The molecule has 2 amide bonds. The summed E-state index contributed by atoms with van der Waals surface area (Å²) in [5, 5.41) is 3.75. The number of nitrogens with one attached hydrogen (secondary N) is 1. The van der Waals surface area contributed by atoms with Crippen LogP contribution in [0.5, 0.6) is 17.2 Å². The molecule has 0 aromatic heterocycles. The molecule has 2 rings (SSSR count). The summed E-state index contributed by atoms with van der Waals surface area (Å²) in [4.78, 5) is 27.8. The predicted octanol–water partition coefficient (Wildman–Crippen LogP) is 4.97. The van der Waals surface area contributed by atoms with Gasteiger partial charge in [-0.25, -0.2) is 0 Å². The molecule has 34 heavy (non-hydrogen) atoms. The van der Waals surface area contributed by atoms with Crippen molar-refractivity contribution >= 4 is 35.0 Å². The average Bonchev–Trinajstić information content (AvgIpc) is 2.82. The third-order valence-corrected chi connectivity index (χ3v) is 5.86. The van der Waals surface area contributed by atoms with E-state index in [1.807, 2.05) is 20.8 Å². The maximum Gasteiger partial charge on any atom is 0.261 e. The summed E-state index contributed by atoms with van der Waals surface area (Å²) in [6.45, 7) is 6.13. The van der Waals surface area contributed by atoms with Gasteiger partial charge in [-0.1, -0.05) is 50.0 Å². The number of hydrogen-bond donors (Lipinski definition) is 1. The lowest BCUT2D eigenvalue weighted by Gasteiger charge is -2.31. The molecule has 186 valence electrons. The molecule has 0 aliphatic rings. The summed E-state index contributed by atoms with van der Waals surface area (Å²) in [5.74, 6) is 1.11. The van der Waals surface area contributed by atoms with Crippen molar-refractivity contribution in [3.63, 3.8) is 0 Å². The van der Waals surface area contributed by atoms with Crippen LogP contribution in [0.15, 0.2) is 36.4 Å². The molecule has 0 heterocycles. The van der Waals surface area contributed by atoms with Crippen LogP contribution >= 0.6 is 23.2 Å². The first kappa shape index (κ1) is 27.6. The predicted molar refractivity (Wildman–Crippen MR) is 134 cm³/mol. The lowest BCUT2D eigenvalue weighted by Crippen LogP contribution is -2.50. The third-order valence-electron chi connectivity index (χ3n) is 5.15. The highest BCUT2D eigenvalue weighted by molar-refractivity contribution is 6.36. The third kappa shape index (κ3) is 7.71. The van der Waals surface area contributed by atoms with Crippen LogP contribution in [0.3, 0.4) is 0 Å². The number of amides is 2. The van der Waals surface area contributed by atoms with E-state index in [-0.39, 0.29) is 30.9 Å². The first-order chi connectivity index (χ1) is 16.2. The van der Waals surface area contributed by atoms with Gasteiger partial charge in [-0.3, -0.25) is 9.59 Å². The second-order valence-electron chi connectivity index (χ2n) is 8.12. The van der Waals surface area contributed by atoms with Crippen LogP contribution < -0.4 is 19.5 Å². The lowest BCUT2D eigenvalue weighted by atomic mass is 10.1. The van der Waals surface area contributed by atoms with Gasteiger partial charge in [0, 0.05) is 46.9 Å². The summed E-state index contributed by atoms with van der Waals surface area (Å²) in [7, 11) is 3.06. The molecule has 0 aliphatic heterocycles. The summed E-state index contributed by atoms with van der Waals surface area (Å²) >= 11 is 12.7. The molecular weight excluding hydrogens is 479 g/mol. The molecule has 0 fully saturated rings. The molecule has 0 spiro atoms. The molecule has 9 heteroatoms. The van der Waals surface area contributed by atoms with Crippen molar-refractivity contribution in [2.24, 2.45) is 5.92 Å². The van der Waals surface area contributed by atoms with Crippen LogP contribution in [0.4, 0.5) is 0 Å². The van der Waals surface area contributed by atoms with Gasteiger partial charge in [0.15, 0.2) is 6.61 Å². The largest absolute Gasteiger partial charge is 0.496 e. The van der Waals surface area contributed by atoms with E-state index in [4.69, 9.17) is 37.4 Å². The van der Waals surface area contributed by atoms with Crippen molar-refractivity contribution in [1.29, 1.82) is 0 Å². The Morgan fingerprint density at radius 2 is 1.56 bits per heavy atom. The van der Waals surface area contributed by atoms with Gasteiger partial charge in [-0.15, -0.1) is 0 Å². The van der Waals surface area contributed by atoms with Crippen molar-refractivity contribution in [2.75, 3.05) is 27.4 Å². The van der Waals surface area contributed by atoms with Crippen LogP contribution in [0.25, 0.3) is 0 Å². The molecule has 0 aliphatic carbocycles. The molecule has 2 aromatic rings. The molecule has 0 saturated heterocycles. The molecular formula is C25H32Cl2N2O5. The Labute approximate surface area is 211 Å². The zero-order chi connectivity index (χ0) is 25.3. The fourth-order valence-corrected chi connectivity index (χ4v) is 3.81. The Hall–Kier alpha value is -2.64. The highest BCUT2D eigenvalue weighted by Gasteiger charge is 2.30. The van der Waals surface area contributed by atoms with E-state index >= 15 is 0 Å². The fraction of sp³-hybridized carbons (Fsp3) is 0.440. The van der Waals surface area contributed by atoms with Gasteiger partial charge in [-0.05, 0) is 24.5 Å². The number of carbonyl (C=O) groups excluding carboxylic acids is 2. The maximum absolute atomic E-state index is 13.4. The number of hydrogen-bond acceptors (Lipinski definition) is 5. The highest BCUT2D eigenvalue weighted by Crippen LogP contribution is 2.29. The monoisotopic (exact) mass is 510 g/mol. The zero-order valence-electron chi connectivity index (χ0n) is 20.2. The number of nitrogens with zero attached hydrogens (tertiary/aromatic N) is 1. The zero-order valence-corrected chi connectivity index (χ0v) is 21.7. The Balaban J connectivity index is 2.30. The van der Waals surface area contributed by atoms with Crippen molar-refractivity contribution < 1.29 is 23.8 Å². The van der Waals surface area contributed by atoms with Crippen molar-refractivity contribution in [1.82, 2.24) is 10.2 Å². The standard InChI is InChI=1S/C25H32Cl2N2O5/c1-6-23(25(31)28-13-16(2)3)29(14-20-21(26)8-7-9-22(20)27)24(30)15-34-19-11-17(32-4)10-18(12-19)33-5/h7-12,16,23H,6,13-15H2,1-5H3,(H,28,31)/t23-/m1/s1. The highest BCUT2D eigenvalue weighted by atomic mass is 35.5. The van der Waals surface area contributed by atoms with Gasteiger partial charge in [0.05, 0.1) is 14.2 Å². The fourth-order valence-electron chi connectivity index (χ4n) is 3.29. The molecule has 0 unspecified atom stereocenters. The number of ether oxygens (including phenoxy) is 3. The van der Waals surface area contributed by atoms with Crippen LogP contribution in [-0.2, 0) is 16.1 Å². The Morgan fingerprint density at radius 1 is 1.00 bits per heavy atom. The lowest BCUT2D eigenvalue weighted by molar-refractivity contribution is -0.143. The van der Waals surface area contributed by atoms with Crippen LogP contribution in [0.1, 0.15) is 32.8 Å². The van der Waals surface area contributed by atoms with Crippen molar-refractivity contribution in [2.45, 2.75) is 39.8 Å². The summed E-state index contributed by atoms with van der Waals surface area (Å²) < 4.78 is 16.3. The minimum absolute atomic E-state index is 0.0652. The minimum Gasteiger partial charge on any atom is -0.496 e. The van der Waals surface area contributed by atoms with Gasteiger partial charge in [0.25, 0.3) is 5.91 Å². The molecule has 0 saturated carbocycles. The number of rotatable bonds is 12. The van der Waals surface area contributed by atoms with E-state index in [1.54, 1.807) is 36.4 Å². The Morgan fingerprint density at radius 3 is 2.06 bits per heavy atom. The second kappa shape index (κ2) is 13.3. The summed E-state index contributed by atoms with van der Waals surface area (Å²) in [6.07, 6.45) is 0.407. The SMILES string of the molecule is CC[C@H](C(=O)NCC(C)C)N(Cc1c(Cl)cccc1Cl)C(=O)COc1cc(OC)cc(OC)c1. The van der Waals surface area contributed by atoms with Crippen molar-refractivity contribution in [3.8, 4) is 17.2 Å². The second-order valence-corrected chi connectivity index (χ2v) is 8.94. The maximum atomic E-state index is 13.4. The van der Waals surface area contributed by atoms with Gasteiger partial charge >= 0.3 is 0 Å². The molecule has 1 atom stereocenters. The number of halogens is 2. The first-order valence-corrected chi connectivity index (χ1v) is 11.8. The average molecular weight is 511 g/mol. The quantitative estimate of drug-likeness (QED) is 0.436. The number of benzene rings is 2. The Kier molecular flexibility index (Phi) is 10.8. The van der Waals surface area contributed by atoms with E-state index in [9.17, 15) is 9.59 Å². The smallest absolute Gasteiger partial charge is 0.261 e. The van der Waals surface area contributed by atoms with Crippen LogP contribution in [-0.4, -0.2) is 50.1 Å². The van der Waals surface area contributed by atoms with Gasteiger partial charge in [-0.2, -0.15) is 0 Å². The van der Waals surface area contributed by atoms with Gasteiger partial charge < -0.3 is 24.4 Å². The van der Waals surface area contributed by atoms with E-state index in [2.05, 4.69) is 5.32 Å². The van der Waals surface area contributed by atoms with E-state index in [0.717, 1.165) is 0 Å². The Bertz CT molecular complexity index is 941. The summed E-state index contributed by atoms with van der Waals surface area (Å²) in [6, 6.07) is 9.41. The molecule has 2 aromatic carbocycles. The first-order valence-electron chi connectivity index (χ1n) is 11.1.